The molecule has 0 aliphatic carbocycles. The Morgan fingerprint density at radius 3 is 2.80 bits per heavy atom. The van der Waals surface area contributed by atoms with E-state index in [1.165, 1.54) is 0 Å². The minimum atomic E-state index is -0.247. The van der Waals surface area contributed by atoms with Crippen LogP contribution < -0.4 is 11.3 Å². The van der Waals surface area contributed by atoms with Crippen molar-refractivity contribution < 1.29 is 0 Å². The fourth-order valence-corrected chi connectivity index (χ4v) is 2.88. The van der Waals surface area contributed by atoms with Crippen LogP contribution in [-0.4, -0.2) is 20.0 Å². The van der Waals surface area contributed by atoms with Crippen LogP contribution in [-0.2, 0) is 7.05 Å². The summed E-state index contributed by atoms with van der Waals surface area (Å²) in [5.74, 6) is 5.76. The SMILES string of the molecule is Cn1nnc(Br)c1C(NN)c1cccc2cccnc12. The number of para-hydroxylation sites is 1. The summed E-state index contributed by atoms with van der Waals surface area (Å²) in [6.45, 7) is 0. The van der Waals surface area contributed by atoms with Gasteiger partial charge in [-0.1, -0.05) is 29.5 Å². The Labute approximate surface area is 124 Å². The van der Waals surface area contributed by atoms with Crippen molar-refractivity contribution in [3.8, 4) is 0 Å². The molecule has 0 aliphatic rings. The van der Waals surface area contributed by atoms with Crippen LogP contribution in [0.25, 0.3) is 10.9 Å². The van der Waals surface area contributed by atoms with E-state index in [1.54, 1.807) is 10.9 Å². The maximum atomic E-state index is 5.76. The number of nitrogens with zero attached hydrogens (tertiary/aromatic N) is 4. The number of nitrogens with one attached hydrogen (secondary N) is 1. The fourth-order valence-electron chi connectivity index (χ4n) is 2.32. The van der Waals surface area contributed by atoms with Gasteiger partial charge >= 0.3 is 0 Å². The number of pyridine rings is 1. The van der Waals surface area contributed by atoms with Gasteiger partial charge in [-0.25, -0.2) is 10.1 Å². The molecule has 6 nitrogen and oxygen atoms in total. The lowest BCUT2D eigenvalue weighted by Crippen LogP contribution is -2.31. The maximum Gasteiger partial charge on any atom is 0.153 e. The summed E-state index contributed by atoms with van der Waals surface area (Å²) >= 11 is 3.41. The fraction of sp³-hybridized carbons (Fsp3) is 0.154. The van der Waals surface area contributed by atoms with E-state index >= 15 is 0 Å². The second-order valence-electron chi connectivity index (χ2n) is 4.41. The molecule has 0 saturated heterocycles. The maximum absolute atomic E-state index is 5.76. The summed E-state index contributed by atoms with van der Waals surface area (Å²) in [7, 11) is 1.83. The van der Waals surface area contributed by atoms with Crippen LogP contribution in [0.5, 0.6) is 0 Å². The minimum Gasteiger partial charge on any atom is -0.271 e. The zero-order chi connectivity index (χ0) is 14.1. The van der Waals surface area contributed by atoms with Gasteiger partial charge in [-0.2, -0.15) is 0 Å². The molecule has 1 atom stereocenters. The van der Waals surface area contributed by atoms with Gasteiger partial charge in [0, 0.05) is 24.2 Å². The molecule has 0 saturated carbocycles. The zero-order valence-corrected chi connectivity index (χ0v) is 12.4. The molecular formula is C13H13BrN6. The average Bonchev–Trinajstić information content (AvgIpc) is 2.81. The van der Waals surface area contributed by atoms with Crippen molar-refractivity contribution in [2.75, 3.05) is 0 Å². The number of aromatic nitrogens is 4. The first-order chi connectivity index (χ1) is 9.72. The number of hydrazine groups is 1. The van der Waals surface area contributed by atoms with Crippen LogP contribution in [0.4, 0.5) is 0 Å². The van der Waals surface area contributed by atoms with Crippen molar-refractivity contribution in [1.29, 1.82) is 0 Å². The summed E-state index contributed by atoms with van der Waals surface area (Å²) < 4.78 is 2.35. The van der Waals surface area contributed by atoms with Crippen molar-refractivity contribution in [2.45, 2.75) is 6.04 Å². The van der Waals surface area contributed by atoms with Crippen molar-refractivity contribution >= 4 is 26.8 Å². The van der Waals surface area contributed by atoms with Crippen LogP contribution in [0.3, 0.4) is 0 Å². The number of halogens is 1. The second-order valence-corrected chi connectivity index (χ2v) is 5.16. The molecule has 7 heteroatoms. The molecular weight excluding hydrogens is 320 g/mol. The average molecular weight is 333 g/mol. The van der Waals surface area contributed by atoms with E-state index in [2.05, 4.69) is 36.7 Å². The van der Waals surface area contributed by atoms with Crippen molar-refractivity contribution in [2.24, 2.45) is 12.9 Å². The number of aryl methyl sites for hydroxylation is 1. The van der Waals surface area contributed by atoms with E-state index in [4.69, 9.17) is 5.84 Å². The normalized spacial score (nSPS) is 12.8. The third kappa shape index (κ3) is 2.09. The highest BCUT2D eigenvalue weighted by molar-refractivity contribution is 9.10. The van der Waals surface area contributed by atoms with Gasteiger partial charge in [-0.05, 0) is 22.0 Å². The number of hydrogen-bond acceptors (Lipinski definition) is 5. The van der Waals surface area contributed by atoms with Gasteiger partial charge in [0.25, 0.3) is 0 Å². The summed E-state index contributed by atoms with van der Waals surface area (Å²) in [5, 5.41) is 9.06. The van der Waals surface area contributed by atoms with E-state index in [-0.39, 0.29) is 6.04 Å². The summed E-state index contributed by atoms with van der Waals surface area (Å²) in [6.07, 6.45) is 1.77. The van der Waals surface area contributed by atoms with E-state index in [0.29, 0.717) is 4.60 Å². The molecule has 2 aromatic heterocycles. The number of hydrogen-bond donors (Lipinski definition) is 2. The van der Waals surface area contributed by atoms with Crippen molar-refractivity contribution in [1.82, 2.24) is 25.4 Å². The summed E-state index contributed by atoms with van der Waals surface area (Å²) in [5.41, 5.74) is 5.57. The number of benzene rings is 1. The number of nitrogens with two attached hydrogens (primary N) is 1. The molecule has 3 rings (SSSR count). The Bertz CT molecular complexity index is 729. The predicted octanol–water partition coefficient (Wildman–Crippen LogP) is 1.68. The molecule has 0 spiro atoms. The van der Waals surface area contributed by atoms with Crippen molar-refractivity contribution in [3.05, 3.63) is 52.4 Å². The topological polar surface area (TPSA) is 81.7 Å². The largest absolute Gasteiger partial charge is 0.271 e. The van der Waals surface area contributed by atoms with Gasteiger partial charge in [0.2, 0.25) is 0 Å². The first-order valence-corrected chi connectivity index (χ1v) is 6.86. The highest BCUT2D eigenvalue weighted by Crippen LogP contribution is 2.29. The van der Waals surface area contributed by atoms with Crippen LogP contribution in [0, 0.1) is 0 Å². The Morgan fingerprint density at radius 2 is 2.10 bits per heavy atom. The molecule has 102 valence electrons. The highest BCUT2D eigenvalue weighted by Gasteiger charge is 2.22. The van der Waals surface area contributed by atoms with Crippen molar-refractivity contribution in [3.63, 3.8) is 0 Å². The molecule has 3 N–H and O–H groups in total. The second kappa shape index (κ2) is 5.28. The number of rotatable bonds is 3. The third-order valence-corrected chi connectivity index (χ3v) is 3.81. The lowest BCUT2D eigenvalue weighted by Gasteiger charge is -2.18. The molecule has 0 amide bonds. The molecule has 1 unspecified atom stereocenters. The zero-order valence-electron chi connectivity index (χ0n) is 10.8. The van der Waals surface area contributed by atoms with Gasteiger partial charge in [0.1, 0.15) is 0 Å². The summed E-state index contributed by atoms with van der Waals surface area (Å²) in [4.78, 5) is 4.46. The van der Waals surface area contributed by atoms with E-state index in [1.807, 2.05) is 37.4 Å². The van der Waals surface area contributed by atoms with Gasteiger partial charge in [0.15, 0.2) is 4.60 Å². The highest BCUT2D eigenvalue weighted by atomic mass is 79.9. The molecule has 3 aromatic rings. The molecule has 2 heterocycles. The monoisotopic (exact) mass is 332 g/mol. The van der Waals surface area contributed by atoms with Crippen LogP contribution in [0.2, 0.25) is 0 Å². The Hall–Kier alpha value is -1.83. The van der Waals surface area contributed by atoms with Gasteiger partial charge in [-0.3, -0.25) is 10.8 Å². The molecule has 0 aliphatic heterocycles. The lowest BCUT2D eigenvalue weighted by molar-refractivity contribution is 0.571. The third-order valence-electron chi connectivity index (χ3n) is 3.24. The summed E-state index contributed by atoms with van der Waals surface area (Å²) in [6, 6.07) is 9.70. The van der Waals surface area contributed by atoms with Gasteiger partial charge in [0.05, 0.1) is 17.3 Å². The van der Waals surface area contributed by atoms with E-state index < -0.39 is 0 Å². The lowest BCUT2D eigenvalue weighted by atomic mass is 10.0. The van der Waals surface area contributed by atoms with Gasteiger partial charge < -0.3 is 0 Å². The molecule has 1 aromatic carbocycles. The first kappa shape index (κ1) is 13.2. The van der Waals surface area contributed by atoms with E-state index in [0.717, 1.165) is 22.2 Å². The van der Waals surface area contributed by atoms with Gasteiger partial charge in [-0.15, -0.1) is 5.10 Å². The molecule has 0 bridgehead atoms. The smallest absolute Gasteiger partial charge is 0.153 e. The standard InChI is InChI=1S/C13H13BrN6/c1-20-12(13(14)18-19-20)11(17-15)9-6-2-4-8-5-3-7-16-10(8)9/h2-7,11,17H,15H2,1H3. The molecule has 0 fully saturated rings. The van der Waals surface area contributed by atoms with Crippen LogP contribution in [0.15, 0.2) is 41.1 Å². The Balaban J connectivity index is 2.22. The van der Waals surface area contributed by atoms with Crippen LogP contribution >= 0.6 is 15.9 Å². The molecule has 20 heavy (non-hydrogen) atoms. The van der Waals surface area contributed by atoms with Crippen LogP contribution in [0.1, 0.15) is 17.3 Å². The predicted molar refractivity (Wildman–Crippen MR) is 79.6 cm³/mol. The molecule has 0 radical (unpaired) electrons. The minimum absolute atomic E-state index is 0.247. The number of fused-ring (bicyclic) bond motifs is 1. The Morgan fingerprint density at radius 1 is 1.30 bits per heavy atom. The first-order valence-electron chi connectivity index (χ1n) is 6.07. The Kier molecular flexibility index (Phi) is 3.47. The van der Waals surface area contributed by atoms with E-state index in [9.17, 15) is 0 Å². The quantitative estimate of drug-likeness (QED) is 0.563.